The van der Waals surface area contributed by atoms with Gasteiger partial charge in [-0.1, -0.05) is 12.8 Å². The van der Waals surface area contributed by atoms with Gasteiger partial charge in [0.1, 0.15) is 5.69 Å². The van der Waals surface area contributed by atoms with Gasteiger partial charge in [0.05, 0.1) is 16.4 Å². The Labute approximate surface area is 158 Å². The molecule has 0 bridgehead atoms. The van der Waals surface area contributed by atoms with Crippen molar-refractivity contribution in [3.63, 3.8) is 0 Å². The number of hydrogen-bond donors (Lipinski definition) is 1. The van der Waals surface area contributed by atoms with E-state index in [0.29, 0.717) is 31.9 Å². The van der Waals surface area contributed by atoms with Gasteiger partial charge in [-0.05, 0) is 31.0 Å². The molecule has 1 aromatic heterocycles. The van der Waals surface area contributed by atoms with E-state index in [4.69, 9.17) is 0 Å². The van der Waals surface area contributed by atoms with Gasteiger partial charge in [-0.2, -0.15) is 9.40 Å². The molecule has 1 aliphatic rings. The number of nitro benzene ring substituents is 1. The highest BCUT2D eigenvalue weighted by molar-refractivity contribution is 7.89. The van der Waals surface area contributed by atoms with E-state index in [9.17, 15) is 18.5 Å². The number of nitro groups is 1. The van der Waals surface area contributed by atoms with Crippen LogP contribution >= 0.6 is 0 Å². The third kappa shape index (κ3) is 4.64. The van der Waals surface area contributed by atoms with Crippen LogP contribution in [0.4, 0.5) is 11.4 Å². The molecule has 1 saturated heterocycles. The maximum absolute atomic E-state index is 12.9. The summed E-state index contributed by atoms with van der Waals surface area (Å²) in [7, 11) is -3.73. The van der Waals surface area contributed by atoms with Crippen LogP contribution in [0.25, 0.3) is 0 Å². The van der Waals surface area contributed by atoms with Crippen molar-refractivity contribution >= 4 is 21.4 Å². The molecular weight excluding hydrogens is 370 g/mol. The maximum Gasteiger partial charge on any atom is 0.293 e. The molecule has 27 heavy (non-hydrogen) atoms. The Bertz CT molecular complexity index is 875. The zero-order valence-electron chi connectivity index (χ0n) is 15.0. The first kappa shape index (κ1) is 19.3. The van der Waals surface area contributed by atoms with E-state index in [2.05, 4.69) is 10.4 Å². The van der Waals surface area contributed by atoms with Crippen LogP contribution in [-0.4, -0.2) is 47.1 Å². The van der Waals surface area contributed by atoms with E-state index >= 15 is 0 Å². The van der Waals surface area contributed by atoms with Gasteiger partial charge in [-0.3, -0.25) is 14.8 Å². The van der Waals surface area contributed by atoms with E-state index in [0.717, 1.165) is 31.7 Å². The molecule has 1 fully saturated rings. The lowest BCUT2D eigenvalue weighted by Crippen LogP contribution is -2.32. The van der Waals surface area contributed by atoms with Gasteiger partial charge in [-0.25, -0.2) is 8.42 Å². The number of anilines is 1. The van der Waals surface area contributed by atoms with Crippen LogP contribution < -0.4 is 5.32 Å². The number of sulfonamides is 1. The lowest BCUT2D eigenvalue weighted by molar-refractivity contribution is -0.384. The highest BCUT2D eigenvalue weighted by Gasteiger charge is 2.27. The maximum atomic E-state index is 12.9. The average molecular weight is 393 g/mol. The molecule has 1 aliphatic heterocycles. The van der Waals surface area contributed by atoms with Gasteiger partial charge in [-0.15, -0.1) is 0 Å². The van der Waals surface area contributed by atoms with Crippen LogP contribution in [0.5, 0.6) is 0 Å². The molecule has 10 heteroatoms. The number of benzene rings is 1. The Morgan fingerprint density at radius 3 is 2.56 bits per heavy atom. The van der Waals surface area contributed by atoms with Crippen molar-refractivity contribution in [2.75, 3.05) is 25.0 Å². The largest absolute Gasteiger partial charge is 0.378 e. The molecule has 0 spiro atoms. The smallest absolute Gasteiger partial charge is 0.293 e. The summed E-state index contributed by atoms with van der Waals surface area (Å²) in [6, 6.07) is 5.84. The van der Waals surface area contributed by atoms with Crippen molar-refractivity contribution in [3.8, 4) is 0 Å². The number of nitrogens with one attached hydrogen (secondary N) is 1. The first-order chi connectivity index (χ1) is 13.0. The van der Waals surface area contributed by atoms with Crippen LogP contribution in [0.1, 0.15) is 25.7 Å². The van der Waals surface area contributed by atoms with Crippen molar-refractivity contribution in [2.24, 2.45) is 0 Å². The third-order valence-electron chi connectivity index (χ3n) is 4.58. The molecule has 1 N–H and O–H groups in total. The first-order valence-corrected chi connectivity index (χ1v) is 10.4. The molecule has 3 rings (SSSR count). The normalized spacial score (nSPS) is 16.0. The molecule has 146 valence electrons. The summed E-state index contributed by atoms with van der Waals surface area (Å²) >= 11 is 0. The number of aromatic nitrogens is 2. The average Bonchev–Trinajstić information content (AvgIpc) is 3.00. The summed E-state index contributed by atoms with van der Waals surface area (Å²) in [5, 5.41) is 18.5. The molecular formula is C17H23N5O4S. The van der Waals surface area contributed by atoms with Gasteiger partial charge in [0.2, 0.25) is 10.0 Å². The molecule has 2 aromatic rings. The highest BCUT2D eigenvalue weighted by atomic mass is 32.2. The van der Waals surface area contributed by atoms with Crippen LogP contribution in [0.2, 0.25) is 0 Å². The van der Waals surface area contributed by atoms with E-state index < -0.39 is 14.9 Å². The number of rotatable bonds is 7. The fraction of sp³-hybridized carbons (Fsp3) is 0.471. The minimum absolute atomic E-state index is 0.0336. The fourth-order valence-electron chi connectivity index (χ4n) is 3.14. The molecule has 1 aromatic carbocycles. The third-order valence-corrected chi connectivity index (χ3v) is 6.48. The van der Waals surface area contributed by atoms with Crippen LogP contribution in [0, 0.1) is 10.1 Å². The molecule has 0 amide bonds. The molecule has 0 unspecified atom stereocenters. The van der Waals surface area contributed by atoms with E-state index in [1.54, 1.807) is 23.1 Å². The summed E-state index contributed by atoms with van der Waals surface area (Å²) in [4.78, 5) is 10.9. The number of nitrogens with zero attached hydrogens (tertiary/aromatic N) is 4. The molecule has 2 heterocycles. The first-order valence-electron chi connectivity index (χ1n) is 8.98. The lowest BCUT2D eigenvalue weighted by atomic mass is 10.2. The van der Waals surface area contributed by atoms with Crippen molar-refractivity contribution in [1.29, 1.82) is 0 Å². The van der Waals surface area contributed by atoms with Gasteiger partial charge in [0.25, 0.3) is 5.69 Å². The SMILES string of the molecule is O=[N+]([O-])c1cc(S(=O)(=O)N2CCCCCC2)ccc1NCCn1cccn1. The molecule has 0 atom stereocenters. The molecule has 0 radical (unpaired) electrons. The Hall–Kier alpha value is -2.46. The van der Waals surface area contributed by atoms with Gasteiger partial charge < -0.3 is 5.32 Å². The van der Waals surface area contributed by atoms with E-state index in [-0.39, 0.29) is 10.6 Å². The zero-order chi connectivity index (χ0) is 19.3. The van der Waals surface area contributed by atoms with Crippen LogP contribution in [0.15, 0.2) is 41.6 Å². The van der Waals surface area contributed by atoms with Gasteiger partial charge in [0, 0.05) is 38.1 Å². The predicted octanol–water partition coefficient (Wildman–Crippen LogP) is 2.47. The van der Waals surface area contributed by atoms with Gasteiger partial charge in [0.15, 0.2) is 0 Å². The number of hydrogen-bond acceptors (Lipinski definition) is 6. The minimum atomic E-state index is -3.73. The minimum Gasteiger partial charge on any atom is -0.378 e. The monoisotopic (exact) mass is 393 g/mol. The van der Waals surface area contributed by atoms with Gasteiger partial charge >= 0.3 is 0 Å². The Morgan fingerprint density at radius 2 is 1.93 bits per heavy atom. The summed E-state index contributed by atoms with van der Waals surface area (Å²) < 4.78 is 28.9. The lowest BCUT2D eigenvalue weighted by Gasteiger charge is -2.20. The van der Waals surface area contributed by atoms with E-state index in [1.165, 1.54) is 16.4 Å². The Kier molecular flexibility index (Phi) is 6.07. The van der Waals surface area contributed by atoms with Crippen molar-refractivity contribution in [2.45, 2.75) is 37.1 Å². The summed E-state index contributed by atoms with van der Waals surface area (Å²) in [6.07, 6.45) is 7.09. The van der Waals surface area contributed by atoms with Crippen molar-refractivity contribution in [1.82, 2.24) is 14.1 Å². The van der Waals surface area contributed by atoms with Crippen molar-refractivity contribution < 1.29 is 13.3 Å². The second-order valence-corrected chi connectivity index (χ2v) is 8.39. The Morgan fingerprint density at radius 1 is 1.19 bits per heavy atom. The standard InChI is InChI=1S/C17H23N5O4S/c23-22(24)17-14-15(27(25,26)21-11-3-1-2-4-12-21)6-7-16(17)18-9-13-20-10-5-8-19-20/h5-8,10,14,18H,1-4,9,11-13H2. The molecule has 0 saturated carbocycles. The van der Waals surface area contributed by atoms with Crippen LogP contribution in [0.3, 0.4) is 0 Å². The summed E-state index contributed by atoms with van der Waals surface area (Å²) in [5.41, 5.74) is 0.0494. The second kappa shape index (κ2) is 8.49. The topological polar surface area (TPSA) is 110 Å². The Balaban J connectivity index is 1.78. The summed E-state index contributed by atoms with van der Waals surface area (Å²) in [5.74, 6) is 0. The quantitative estimate of drug-likeness (QED) is 0.571. The second-order valence-electron chi connectivity index (χ2n) is 6.45. The fourth-order valence-corrected chi connectivity index (χ4v) is 4.68. The highest BCUT2D eigenvalue weighted by Crippen LogP contribution is 2.29. The molecule has 0 aliphatic carbocycles. The van der Waals surface area contributed by atoms with Crippen molar-refractivity contribution in [3.05, 3.63) is 46.8 Å². The van der Waals surface area contributed by atoms with E-state index in [1.807, 2.05) is 0 Å². The summed E-state index contributed by atoms with van der Waals surface area (Å²) in [6.45, 7) is 1.89. The predicted molar refractivity (Wildman–Crippen MR) is 101 cm³/mol. The van der Waals surface area contributed by atoms with Crippen LogP contribution in [-0.2, 0) is 16.6 Å². The molecule has 9 nitrogen and oxygen atoms in total. The zero-order valence-corrected chi connectivity index (χ0v) is 15.8.